The van der Waals surface area contributed by atoms with Crippen molar-refractivity contribution in [2.75, 3.05) is 20.1 Å². The van der Waals surface area contributed by atoms with Crippen LogP contribution < -0.4 is 5.32 Å². The second kappa shape index (κ2) is 4.79. The van der Waals surface area contributed by atoms with Crippen LogP contribution in [0, 0.1) is 5.92 Å². The molecule has 0 spiro atoms. The Labute approximate surface area is 91.5 Å². The van der Waals surface area contributed by atoms with Crippen molar-refractivity contribution >= 4 is 5.91 Å². The maximum absolute atomic E-state index is 12.0. The maximum Gasteiger partial charge on any atom is 0.226 e. The van der Waals surface area contributed by atoms with Crippen molar-refractivity contribution in [3.05, 3.63) is 12.2 Å². The zero-order valence-corrected chi connectivity index (χ0v) is 9.41. The van der Waals surface area contributed by atoms with E-state index in [4.69, 9.17) is 0 Å². The first-order chi connectivity index (χ1) is 7.27. The first-order valence-electron chi connectivity index (χ1n) is 5.90. The molecule has 0 bridgehead atoms. The van der Waals surface area contributed by atoms with Crippen LogP contribution in [0.1, 0.15) is 25.7 Å². The fourth-order valence-electron chi connectivity index (χ4n) is 2.46. The minimum absolute atomic E-state index is 0.219. The fraction of sp³-hybridized carbons (Fsp3) is 0.750. The summed E-state index contributed by atoms with van der Waals surface area (Å²) >= 11 is 0. The summed E-state index contributed by atoms with van der Waals surface area (Å²) < 4.78 is 0. The van der Waals surface area contributed by atoms with Gasteiger partial charge >= 0.3 is 0 Å². The van der Waals surface area contributed by atoms with Crippen LogP contribution in [0.15, 0.2) is 12.2 Å². The van der Waals surface area contributed by atoms with Gasteiger partial charge in [0.05, 0.1) is 0 Å². The van der Waals surface area contributed by atoms with E-state index in [0.29, 0.717) is 11.9 Å². The van der Waals surface area contributed by atoms with Gasteiger partial charge in [-0.2, -0.15) is 0 Å². The molecule has 1 aliphatic heterocycles. The summed E-state index contributed by atoms with van der Waals surface area (Å²) in [7, 11) is 1.93. The fourth-order valence-corrected chi connectivity index (χ4v) is 2.46. The number of hydrogen-bond acceptors (Lipinski definition) is 2. The minimum atomic E-state index is 0.219. The van der Waals surface area contributed by atoms with Crippen LogP contribution in [-0.2, 0) is 4.79 Å². The standard InChI is InChI=1S/C12H20N2O/c1-14(9-11-7-4-8-13-11)12(15)10-5-2-3-6-10/h2-3,10-11,13H,4-9H2,1H3. The Bertz CT molecular complexity index is 248. The first kappa shape index (κ1) is 10.7. The second-order valence-corrected chi connectivity index (χ2v) is 4.65. The lowest BCUT2D eigenvalue weighted by Gasteiger charge is -2.24. The van der Waals surface area contributed by atoms with Crippen molar-refractivity contribution in [3.8, 4) is 0 Å². The molecule has 84 valence electrons. The van der Waals surface area contributed by atoms with Gasteiger partial charge in [-0.3, -0.25) is 4.79 Å². The Kier molecular flexibility index (Phi) is 3.41. The van der Waals surface area contributed by atoms with E-state index < -0.39 is 0 Å². The molecule has 1 aliphatic carbocycles. The van der Waals surface area contributed by atoms with E-state index in [2.05, 4.69) is 17.5 Å². The molecule has 1 fully saturated rings. The Morgan fingerprint density at radius 3 is 2.80 bits per heavy atom. The van der Waals surface area contributed by atoms with Gasteiger partial charge in [0.25, 0.3) is 0 Å². The molecular weight excluding hydrogens is 188 g/mol. The highest BCUT2D eigenvalue weighted by atomic mass is 16.2. The number of allylic oxidation sites excluding steroid dienone is 2. The van der Waals surface area contributed by atoms with Gasteiger partial charge in [-0.25, -0.2) is 0 Å². The van der Waals surface area contributed by atoms with Gasteiger partial charge in [0.1, 0.15) is 0 Å². The van der Waals surface area contributed by atoms with E-state index in [1.54, 1.807) is 0 Å². The molecule has 3 nitrogen and oxygen atoms in total. The van der Waals surface area contributed by atoms with E-state index >= 15 is 0 Å². The van der Waals surface area contributed by atoms with Crippen molar-refractivity contribution in [3.63, 3.8) is 0 Å². The highest BCUT2D eigenvalue weighted by Gasteiger charge is 2.25. The summed E-state index contributed by atoms with van der Waals surface area (Å²) in [5.74, 6) is 0.533. The Morgan fingerprint density at radius 2 is 2.20 bits per heavy atom. The third-order valence-electron chi connectivity index (χ3n) is 3.39. The number of amides is 1. The van der Waals surface area contributed by atoms with Crippen LogP contribution in [0.25, 0.3) is 0 Å². The molecule has 2 aliphatic rings. The van der Waals surface area contributed by atoms with E-state index in [0.717, 1.165) is 25.9 Å². The lowest BCUT2D eigenvalue weighted by Crippen LogP contribution is -2.40. The van der Waals surface area contributed by atoms with Crippen LogP contribution in [0.4, 0.5) is 0 Å². The molecule has 0 saturated carbocycles. The van der Waals surface area contributed by atoms with Gasteiger partial charge in [-0.1, -0.05) is 12.2 Å². The number of rotatable bonds is 3. The van der Waals surface area contributed by atoms with Crippen LogP contribution in [-0.4, -0.2) is 37.0 Å². The van der Waals surface area contributed by atoms with Gasteiger partial charge in [0, 0.05) is 25.6 Å². The van der Waals surface area contributed by atoms with E-state index in [1.807, 2.05) is 11.9 Å². The monoisotopic (exact) mass is 208 g/mol. The minimum Gasteiger partial charge on any atom is -0.344 e. The highest BCUT2D eigenvalue weighted by molar-refractivity contribution is 5.79. The Balaban J connectivity index is 1.78. The molecular formula is C12H20N2O. The molecule has 0 radical (unpaired) electrons. The molecule has 1 N–H and O–H groups in total. The van der Waals surface area contributed by atoms with Gasteiger partial charge < -0.3 is 10.2 Å². The molecule has 0 aromatic heterocycles. The van der Waals surface area contributed by atoms with Crippen LogP contribution >= 0.6 is 0 Å². The van der Waals surface area contributed by atoms with Crippen LogP contribution in [0.5, 0.6) is 0 Å². The third-order valence-corrected chi connectivity index (χ3v) is 3.39. The van der Waals surface area contributed by atoms with E-state index in [9.17, 15) is 4.79 Å². The summed E-state index contributed by atoms with van der Waals surface area (Å²) in [5.41, 5.74) is 0. The largest absolute Gasteiger partial charge is 0.344 e. The quantitative estimate of drug-likeness (QED) is 0.706. The molecule has 1 heterocycles. The molecule has 1 amide bonds. The number of carbonyl (C=O) groups is 1. The van der Waals surface area contributed by atoms with Gasteiger partial charge in [-0.15, -0.1) is 0 Å². The molecule has 1 saturated heterocycles. The summed E-state index contributed by atoms with van der Waals surface area (Å²) in [6.45, 7) is 1.98. The summed E-state index contributed by atoms with van der Waals surface area (Å²) in [5, 5.41) is 3.42. The molecule has 0 aromatic carbocycles. The lowest BCUT2D eigenvalue weighted by atomic mass is 10.1. The van der Waals surface area contributed by atoms with Gasteiger partial charge in [-0.05, 0) is 32.2 Å². The number of carbonyl (C=O) groups excluding carboxylic acids is 1. The molecule has 15 heavy (non-hydrogen) atoms. The summed E-state index contributed by atoms with van der Waals surface area (Å²) in [6, 6.07) is 0.522. The van der Waals surface area contributed by atoms with Crippen molar-refractivity contribution in [1.82, 2.24) is 10.2 Å². The average Bonchev–Trinajstić information content (AvgIpc) is 2.88. The molecule has 1 atom stereocenters. The average molecular weight is 208 g/mol. The van der Waals surface area contributed by atoms with E-state index in [-0.39, 0.29) is 5.92 Å². The Hall–Kier alpha value is -0.830. The zero-order chi connectivity index (χ0) is 10.7. The molecule has 3 heteroatoms. The smallest absolute Gasteiger partial charge is 0.226 e. The topological polar surface area (TPSA) is 32.3 Å². The predicted octanol–water partition coefficient (Wildman–Crippen LogP) is 1.16. The van der Waals surface area contributed by atoms with Crippen LogP contribution in [0.3, 0.4) is 0 Å². The lowest BCUT2D eigenvalue weighted by molar-refractivity contribution is -0.134. The van der Waals surface area contributed by atoms with Crippen LogP contribution in [0.2, 0.25) is 0 Å². The Morgan fingerprint density at radius 1 is 1.47 bits per heavy atom. The normalized spacial score (nSPS) is 26.1. The predicted molar refractivity (Wildman–Crippen MR) is 60.5 cm³/mol. The number of hydrogen-bond donors (Lipinski definition) is 1. The summed E-state index contributed by atoms with van der Waals surface area (Å²) in [6.07, 6.45) is 8.55. The second-order valence-electron chi connectivity index (χ2n) is 4.65. The molecule has 1 unspecified atom stereocenters. The van der Waals surface area contributed by atoms with Gasteiger partial charge in [0.2, 0.25) is 5.91 Å². The first-order valence-corrected chi connectivity index (χ1v) is 5.90. The number of nitrogens with one attached hydrogen (secondary N) is 1. The number of likely N-dealkylation sites (N-methyl/N-ethyl adjacent to an activating group) is 1. The molecule has 0 aromatic rings. The number of nitrogens with zero attached hydrogens (tertiary/aromatic N) is 1. The van der Waals surface area contributed by atoms with Crippen molar-refractivity contribution in [2.24, 2.45) is 5.92 Å². The van der Waals surface area contributed by atoms with Gasteiger partial charge in [0.15, 0.2) is 0 Å². The highest BCUT2D eigenvalue weighted by Crippen LogP contribution is 2.20. The molecule has 2 rings (SSSR count). The SMILES string of the molecule is CN(CC1CCCN1)C(=O)C1CC=CC1. The van der Waals surface area contributed by atoms with Crippen molar-refractivity contribution in [1.29, 1.82) is 0 Å². The van der Waals surface area contributed by atoms with Crippen molar-refractivity contribution < 1.29 is 4.79 Å². The van der Waals surface area contributed by atoms with E-state index in [1.165, 1.54) is 12.8 Å². The zero-order valence-electron chi connectivity index (χ0n) is 9.41. The summed E-state index contributed by atoms with van der Waals surface area (Å²) in [4.78, 5) is 13.9. The van der Waals surface area contributed by atoms with Crippen molar-refractivity contribution in [2.45, 2.75) is 31.7 Å². The maximum atomic E-state index is 12.0. The third kappa shape index (κ3) is 2.59.